The van der Waals surface area contributed by atoms with Crippen molar-refractivity contribution in [1.82, 2.24) is 4.98 Å². The van der Waals surface area contributed by atoms with Gasteiger partial charge in [-0.2, -0.15) is 0 Å². The van der Waals surface area contributed by atoms with Gasteiger partial charge in [0, 0.05) is 5.69 Å². The van der Waals surface area contributed by atoms with Crippen LogP contribution in [-0.2, 0) is 0 Å². The summed E-state index contributed by atoms with van der Waals surface area (Å²) in [6, 6.07) is 5.04. The molecule has 1 heterocycles. The molecular weight excluding hydrogens is 274 g/mol. The van der Waals surface area contributed by atoms with Gasteiger partial charge in [0.2, 0.25) is 0 Å². The van der Waals surface area contributed by atoms with E-state index in [2.05, 4.69) is 10.3 Å². The molecule has 0 radical (unpaired) electrons. The Morgan fingerprint density at radius 3 is 2.63 bits per heavy atom. The number of carbonyl (C=O) groups is 1. The first-order valence-corrected chi connectivity index (χ1v) is 5.73. The fraction of sp³-hybridized carbons (Fsp3) is 0.0769. The van der Waals surface area contributed by atoms with Crippen molar-refractivity contribution in [3.63, 3.8) is 0 Å². The second-order valence-corrected chi connectivity index (χ2v) is 4.32. The van der Waals surface area contributed by atoms with Crippen LogP contribution in [0.1, 0.15) is 15.9 Å². The Kier molecular flexibility index (Phi) is 3.76. The summed E-state index contributed by atoms with van der Waals surface area (Å²) >= 11 is 5.71. The van der Waals surface area contributed by atoms with Crippen LogP contribution < -0.4 is 5.32 Å². The number of aromatic nitrogens is 1. The molecule has 1 aromatic carbocycles. The van der Waals surface area contributed by atoms with Crippen LogP contribution in [0.3, 0.4) is 0 Å². The molecule has 1 N–H and O–H groups in total. The van der Waals surface area contributed by atoms with Crippen molar-refractivity contribution in [1.29, 1.82) is 0 Å². The van der Waals surface area contributed by atoms with Crippen LogP contribution in [0.5, 0.6) is 0 Å². The molecule has 0 spiro atoms. The van der Waals surface area contributed by atoms with Crippen molar-refractivity contribution in [3.05, 3.63) is 58.4 Å². The third-order valence-electron chi connectivity index (χ3n) is 2.35. The molecule has 2 rings (SSSR count). The molecule has 98 valence electrons. The van der Waals surface area contributed by atoms with Crippen molar-refractivity contribution in [2.45, 2.75) is 6.92 Å². The minimum Gasteiger partial charge on any atom is -0.322 e. The second-order valence-electron chi connectivity index (χ2n) is 3.96. The van der Waals surface area contributed by atoms with Crippen LogP contribution in [-0.4, -0.2) is 10.9 Å². The first kappa shape index (κ1) is 13.4. The number of nitrogens with one attached hydrogen (secondary N) is 1. The maximum Gasteiger partial charge on any atom is 0.258 e. The molecule has 1 aromatic heterocycles. The Morgan fingerprint density at radius 1 is 1.21 bits per heavy atom. The van der Waals surface area contributed by atoms with Gasteiger partial charge < -0.3 is 5.32 Å². The summed E-state index contributed by atoms with van der Waals surface area (Å²) in [6.45, 7) is 1.69. The van der Waals surface area contributed by atoms with Gasteiger partial charge in [0.1, 0.15) is 16.8 Å². The Balaban J connectivity index is 2.28. The average molecular weight is 283 g/mol. The number of amides is 1. The fourth-order valence-corrected chi connectivity index (χ4v) is 1.78. The van der Waals surface area contributed by atoms with Crippen LogP contribution >= 0.6 is 11.6 Å². The molecule has 2 aromatic rings. The number of halogens is 3. The van der Waals surface area contributed by atoms with E-state index in [0.29, 0.717) is 5.56 Å². The van der Waals surface area contributed by atoms with Crippen molar-refractivity contribution in [2.24, 2.45) is 0 Å². The molecule has 0 fully saturated rings. The molecule has 1 amide bonds. The molecule has 19 heavy (non-hydrogen) atoms. The van der Waals surface area contributed by atoms with Crippen LogP contribution in [0, 0.1) is 18.6 Å². The Labute approximate surface area is 113 Å². The van der Waals surface area contributed by atoms with Gasteiger partial charge in [-0.25, -0.2) is 13.8 Å². The molecule has 0 unspecified atom stereocenters. The second kappa shape index (κ2) is 5.32. The largest absolute Gasteiger partial charge is 0.322 e. The molecule has 0 aliphatic heterocycles. The lowest BCUT2D eigenvalue weighted by Crippen LogP contribution is -2.13. The number of aryl methyl sites for hydroxylation is 1. The van der Waals surface area contributed by atoms with E-state index in [0.717, 1.165) is 18.3 Å². The van der Waals surface area contributed by atoms with E-state index >= 15 is 0 Å². The predicted octanol–water partition coefficient (Wildman–Crippen LogP) is 3.57. The van der Waals surface area contributed by atoms with Gasteiger partial charge in [-0.1, -0.05) is 11.6 Å². The zero-order valence-corrected chi connectivity index (χ0v) is 10.6. The number of pyridine rings is 1. The number of hydrogen-bond acceptors (Lipinski definition) is 2. The maximum atomic E-state index is 13.2. The molecule has 0 saturated carbocycles. The lowest BCUT2D eigenvalue weighted by atomic mass is 10.2. The van der Waals surface area contributed by atoms with Gasteiger partial charge in [-0.05, 0) is 36.8 Å². The number of rotatable bonds is 2. The zero-order chi connectivity index (χ0) is 14.0. The number of benzene rings is 1. The lowest BCUT2D eigenvalue weighted by molar-refractivity contribution is 0.102. The molecule has 0 aliphatic rings. The van der Waals surface area contributed by atoms with Crippen molar-refractivity contribution in [3.8, 4) is 0 Å². The molecule has 0 saturated heterocycles. The van der Waals surface area contributed by atoms with E-state index in [1.165, 1.54) is 6.07 Å². The maximum absolute atomic E-state index is 13.2. The third kappa shape index (κ3) is 3.26. The summed E-state index contributed by atoms with van der Waals surface area (Å²) in [5.74, 6) is -1.80. The molecule has 0 bridgehead atoms. The van der Waals surface area contributed by atoms with Crippen LogP contribution in [0.4, 0.5) is 14.5 Å². The molecule has 0 aliphatic carbocycles. The first-order valence-electron chi connectivity index (χ1n) is 5.35. The van der Waals surface area contributed by atoms with E-state index in [1.807, 2.05) is 0 Å². The minimum absolute atomic E-state index is 0.108. The quantitative estimate of drug-likeness (QED) is 0.856. The van der Waals surface area contributed by atoms with Crippen LogP contribution in [0.2, 0.25) is 5.15 Å². The molecule has 3 nitrogen and oxygen atoms in total. The highest BCUT2D eigenvalue weighted by Crippen LogP contribution is 2.18. The van der Waals surface area contributed by atoms with Crippen LogP contribution in [0.15, 0.2) is 30.5 Å². The van der Waals surface area contributed by atoms with E-state index in [1.54, 1.807) is 13.0 Å². The van der Waals surface area contributed by atoms with Crippen molar-refractivity contribution >= 4 is 23.2 Å². The van der Waals surface area contributed by atoms with Crippen molar-refractivity contribution < 1.29 is 13.6 Å². The summed E-state index contributed by atoms with van der Waals surface area (Å²) in [7, 11) is 0. The minimum atomic E-state index is -0.676. The highest BCUT2D eigenvalue weighted by atomic mass is 35.5. The monoisotopic (exact) mass is 282 g/mol. The standard InChI is InChI=1S/C13H9ClF2N2O/c1-7-2-8(15)4-10(3-7)18-13(19)11-5-9(16)6-17-12(11)14/h2-6H,1H3,(H,18,19). The Hall–Kier alpha value is -2.01. The summed E-state index contributed by atoms with van der Waals surface area (Å²) in [5.41, 5.74) is 0.810. The van der Waals surface area contributed by atoms with Gasteiger partial charge in [0.25, 0.3) is 5.91 Å². The number of carbonyl (C=O) groups excluding carboxylic acids is 1. The van der Waals surface area contributed by atoms with Crippen LogP contribution in [0.25, 0.3) is 0 Å². The van der Waals surface area contributed by atoms with E-state index in [4.69, 9.17) is 11.6 Å². The normalized spacial score (nSPS) is 10.3. The van der Waals surface area contributed by atoms with E-state index in [9.17, 15) is 13.6 Å². The number of anilines is 1. The number of hydrogen-bond donors (Lipinski definition) is 1. The summed E-state index contributed by atoms with van der Waals surface area (Å²) in [5, 5.41) is 2.32. The highest BCUT2D eigenvalue weighted by molar-refractivity contribution is 6.33. The topological polar surface area (TPSA) is 42.0 Å². The van der Waals surface area contributed by atoms with Gasteiger partial charge in [0.15, 0.2) is 0 Å². The first-order chi connectivity index (χ1) is 8.95. The third-order valence-corrected chi connectivity index (χ3v) is 2.65. The summed E-state index contributed by atoms with van der Waals surface area (Å²) in [4.78, 5) is 15.4. The van der Waals surface area contributed by atoms with E-state index in [-0.39, 0.29) is 16.4 Å². The summed E-state index contributed by atoms with van der Waals surface area (Å²) < 4.78 is 26.2. The SMILES string of the molecule is Cc1cc(F)cc(NC(=O)c2cc(F)cnc2Cl)c1. The average Bonchev–Trinajstić information content (AvgIpc) is 2.30. The van der Waals surface area contributed by atoms with Gasteiger partial charge >= 0.3 is 0 Å². The Morgan fingerprint density at radius 2 is 1.95 bits per heavy atom. The molecule has 6 heteroatoms. The molecule has 0 atom stereocenters. The molecular formula is C13H9ClF2N2O. The van der Waals surface area contributed by atoms with E-state index < -0.39 is 17.5 Å². The summed E-state index contributed by atoms with van der Waals surface area (Å²) in [6.07, 6.45) is 0.908. The zero-order valence-electron chi connectivity index (χ0n) is 9.88. The van der Waals surface area contributed by atoms with Gasteiger partial charge in [-0.15, -0.1) is 0 Å². The van der Waals surface area contributed by atoms with Gasteiger partial charge in [-0.3, -0.25) is 4.79 Å². The van der Waals surface area contributed by atoms with Gasteiger partial charge in [0.05, 0.1) is 11.8 Å². The smallest absolute Gasteiger partial charge is 0.258 e. The Bertz CT molecular complexity index is 626. The fourth-order valence-electron chi connectivity index (χ4n) is 1.59. The van der Waals surface area contributed by atoms with Crippen molar-refractivity contribution in [2.75, 3.05) is 5.32 Å². The lowest BCUT2D eigenvalue weighted by Gasteiger charge is -2.07. The number of nitrogens with zero attached hydrogens (tertiary/aromatic N) is 1. The predicted molar refractivity (Wildman–Crippen MR) is 68.3 cm³/mol. The highest BCUT2D eigenvalue weighted by Gasteiger charge is 2.13.